The van der Waals surface area contributed by atoms with Crippen molar-refractivity contribution in [3.8, 4) is 11.1 Å². The van der Waals surface area contributed by atoms with Crippen molar-refractivity contribution in [2.45, 2.75) is 0 Å². The van der Waals surface area contributed by atoms with Crippen molar-refractivity contribution in [2.75, 3.05) is 4.90 Å². The molecule has 2 heterocycles. The molecule has 10 rings (SSSR count). The molecule has 2 nitrogen and oxygen atoms in total. The average Bonchev–Trinajstić information content (AvgIpc) is 3.72. The Bertz CT molecular complexity index is 2790. The van der Waals surface area contributed by atoms with Gasteiger partial charge in [0.1, 0.15) is 11.2 Å². The number of hydrogen-bond acceptors (Lipinski definition) is 3. The molecule has 220 valence electrons. The molecular formula is C44H27NOS. The zero-order valence-electron chi connectivity index (χ0n) is 25.4. The molecule has 0 N–H and O–H groups in total. The lowest BCUT2D eigenvalue weighted by atomic mass is 9.95. The largest absolute Gasteiger partial charge is 0.455 e. The summed E-state index contributed by atoms with van der Waals surface area (Å²) in [7, 11) is 0. The van der Waals surface area contributed by atoms with Crippen LogP contribution in [0.4, 0.5) is 17.1 Å². The Morgan fingerprint density at radius 3 is 1.83 bits per heavy atom. The smallest absolute Gasteiger partial charge is 0.143 e. The van der Waals surface area contributed by atoms with E-state index in [9.17, 15) is 0 Å². The van der Waals surface area contributed by atoms with Gasteiger partial charge in [-0.25, -0.2) is 0 Å². The number of hydrogen-bond donors (Lipinski definition) is 0. The minimum absolute atomic E-state index is 0.907. The molecular weight excluding hydrogens is 591 g/mol. The van der Waals surface area contributed by atoms with Gasteiger partial charge in [-0.1, -0.05) is 127 Å². The first-order chi connectivity index (χ1) is 23.3. The van der Waals surface area contributed by atoms with E-state index >= 15 is 0 Å². The molecule has 8 aromatic carbocycles. The van der Waals surface area contributed by atoms with Gasteiger partial charge in [0, 0.05) is 48.6 Å². The molecule has 0 saturated heterocycles. The molecule has 2 aromatic heterocycles. The van der Waals surface area contributed by atoms with E-state index in [2.05, 4.69) is 169 Å². The number of rotatable bonds is 4. The molecule has 0 fully saturated rings. The Morgan fingerprint density at radius 2 is 1.04 bits per heavy atom. The fourth-order valence-electron chi connectivity index (χ4n) is 7.37. The SMILES string of the molecule is c1ccc(-c2cc(N(c3ccccc3)c3cccc4c3sc3ccccc34)cc3c2oc2c4ccccc4c4ccccc4c32)cc1. The van der Waals surface area contributed by atoms with Gasteiger partial charge in [0.2, 0.25) is 0 Å². The van der Waals surface area contributed by atoms with E-state index in [0.717, 1.165) is 55.5 Å². The number of furan rings is 1. The quantitative estimate of drug-likeness (QED) is 0.183. The zero-order valence-corrected chi connectivity index (χ0v) is 26.2. The maximum Gasteiger partial charge on any atom is 0.143 e. The van der Waals surface area contributed by atoms with Gasteiger partial charge in [-0.2, -0.15) is 0 Å². The summed E-state index contributed by atoms with van der Waals surface area (Å²) in [6.45, 7) is 0. The third kappa shape index (κ3) is 3.97. The maximum atomic E-state index is 7.00. The van der Waals surface area contributed by atoms with Crippen LogP contribution in [0.15, 0.2) is 168 Å². The molecule has 47 heavy (non-hydrogen) atoms. The second kappa shape index (κ2) is 10.3. The van der Waals surface area contributed by atoms with Crippen LogP contribution in [0.1, 0.15) is 0 Å². The summed E-state index contributed by atoms with van der Waals surface area (Å²) in [4.78, 5) is 2.42. The zero-order chi connectivity index (χ0) is 30.9. The van der Waals surface area contributed by atoms with Crippen LogP contribution in [-0.2, 0) is 0 Å². The second-order valence-corrected chi connectivity index (χ2v) is 13.1. The van der Waals surface area contributed by atoms with Crippen LogP contribution in [0.5, 0.6) is 0 Å². The fraction of sp³-hybridized carbons (Fsp3) is 0. The molecule has 3 heteroatoms. The summed E-state index contributed by atoms with van der Waals surface area (Å²) in [5.41, 5.74) is 7.40. The molecule has 0 spiro atoms. The van der Waals surface area contributed by atoms with Crippen molar-refractivity contribution in [2.24, 2.45) is 0 Å². The number of nitrogens with zero attached hydrogens (tertiary/aromatic N) is 1. The highest BCUT2D eigenvalue weighted by atomic mass is 32.1. The Hall–Kier alpha value is -5.90. The van der Waals surface area contributed by atoms with E-state index < -0.39 is 0 Å². The van der Waals surface area contributed by atoms with Gasteiger partial charge in [-0.15, -0.1) is 11.3 Å². The minimum Gasteiger partial charge on any atom is -0.455 e. The number of thiophene rings is 1. The second-order valence-electron chi connectivity index (χ2n) is 12.1. The van der Waals surface area contributed by atoms with E-state index in [1.807, 2.05) is 11.3 Å². The maximum absolute atomic E-state index is 7.00. The summed E-state index contributed by atoms with van der Waals surface area (Å²) in [6.07, 6.45) is 0. The van der Waals surface area contributed by atoms with Gasteiger partial charge in [0.15, 0.2) is 0 Å². The summed E-state index contributed by atoms with van der Waals surface area (Å²) in [5, 5.41) is 9.62. The van der Waals surface area contributed by atoms with Crippen molar-refractivity contribution in [3.63, 3.8) is 0 Å². The van der Waals surface area contributed by atoms with Crippen molar-refractivity contribution in [1.82, 2.24) is 0 Å². The van der Waals surface area contributed by atoms with Gasteiger partial charge in [-0.3, -0.25) is 0 Å². The van der Waals surface area contributed by atoms with E-state index in [4.69, 9.17) is 4.42 Å². The summed E-state index contributed by atoms with van der Waals surface area (Å²) >= 11 is 1.86. The molecule has 0 radical (unpaired) electrons. The van der Waals surface area contributed by atoms with E-state index in [1.165, 1.54) is 36.3 Å². The topological polar surface area (TPSA) is 16.4 Å². The lowest BCUT2D eigenvalue weighted by molar-refractivity contribution is 0.674. The first-order valence-corrected chi connectivity index (χ1v) is 16.8. The van der Waals surface area contributed by atoms with Crippen molar-refractivity contribution in [3.05, 3.63) is 164 Å². The fourth-order valence-corrected chi connectivity index (χ4v) is 8.57. The monoisotopic (exact) mass is 617 g/mol. The van der Waals surface area contributed by atoms with Crippen LogP contribution in [0.2, 0.25) is 0 Å². The first kappa shape index (κ1) is 26.3. The predicted octanol–water partition coefficient (Wildman–Crippen LogP) is 13.4. The molecule has 10 aromatic rings. The highest BCUT2D eigenvalue weighted by molar-refractivity contribution is 7.26. The lowest BCUT2D eigenvalue weighted by Gasteiger charge is -2.27. The van der Waals surface area contributed by atoms with Crippen molar-refractivity contribution < 1.29 is 4.42 Å². The molecule has 0 unspecified atom stereocenters. The van der Waals surface area contributed by atoms with Gasteiger partial charge in [0.25, 0.3) is 0 Å². The highest BCUT2D eigenvalue weighted by Gasteiger charge is 2.23. The van der Waals surface area contributed by atoms with Crippen LogP contribution in [-0.4, -0.2) is 0 Å². The highest BCUT2D eigenvalue weighted by Crippen LogP contribution is 2.49. The molecule has 0 saturated carbocycles. The molecule has 0 bridgehead atoms. The van der Waals surface area contributed by atoms with Crippen LogP contribution in [0.3, 0.4) is 0 Å². The normalized spacial score (nSPS) is 11.8. The third-order valence-electron chi connectivity index (χ3n) is 9.41. The number of benzene rings is 8. The molecule has 0 atom stereocenters. The third-order valence-corrected chi connectivity index (χ3v) is 10.6. The summed E-state index contributed by atoms with van der Waals surface area (Å²) in [6, 6.07) is 58.8. The van der Waals surface area contributed by atoms with E-state index in [0.29, 0.717) is 0 Å². The van der Waals surface area contributed by atoms with Crippen molar-refractivity contribution in [1.29, 1.82) is 0 Å². The minimum atomic E-state index is 0.907. The molecule has 0 aliphatic heterocycles. The Morgan fingerprint density at radius 1 is 0.426 bits per heavy atom. The van der Waals surface area contributed by atoms with E-state index in [1.54, 1.807) is 0 Å². The molecule has 0 aliphatic carbocycles. The Kier molecular flexibility index (Phi) is 5.78. The van der Waals surface area contributed by atoms with Crippen molar-refractivity contribution >= 4 is 92.1 Å². The number of fused-ring (bicyclic) bond motifs is 11. The van der Waals surface area contributed by atoms with Gasteiger partial charge in [0.05, 0.1) is 10.4 Å². The summed E-state index contributed by atoms with van der Waals surface area (Å²) < 4.78 is 9.56. The summed E-state index contributed by atoms with van der Waals surface area (Å²) in [5.74, 6) is 0. The number of anilines is 3. The molecule has 0 aliphatic rings. The Labute approximate surface area is 275 Å². The average molecular weight is 618 g/mol. The Balaban J connectivity index is 1.37. The molecule has 0 amide bonds. The van der Waals surface area contributed by atoms with Gasteiger partial charge in [-0.05, 0) is 58.1 Å². The van der Waals surface area contributed by atoms with Gasteiger partial charge < -0.3 is 9.32 Å². The first-order valence-electron chi connectivity index (χ1n) is 15.9. The van der Waals surface area contributed by atoms with Crippen LogP contribution >= 0.6 is 11.3 Å². The predicted molar refractivity (Wildman–Crippen MR) is 202 cm³/mol. The van der Waals surface area contributed by atoms with Crippen LogP contribution in [0.25, 0.3) is 74.8 Å². The van der Waals surface area contributed by atoms with Gasteiger partial charge >= 0.3 is 0 Å². The van der Waals surface area contributed by atoms with Crippen LogP contribution < -0.4 is 4.90 Å². The van der Waals surface area contributed by atoms with E-state index in [-0.39, 0.29) is 0 Å². The standard InChI is InChI=1S/C44H27NOS/c1-3-14-28(15-4-1)37-26-30(27-38-41-34-21-9-7-18-31(34)32-19-8-10-22-35(32)43(41)46-42(37)38)45(29-16-5-2-6-17-29)39-24-13-23-36-33-20-11-12-25-40(33)47-44(36)39/h1-27H. The number of para-hydroxylation sites is 1. The lowest BCUT2D eigenvalue weighted by Crippen LogP contribution is -2.10. The van der Waals surface area contributed by atoms with Crippen LogP contribution in [0, 0.1) is 0 Å².